The fourth-order valence-electron chi connectivity index (χ4n) is 9.14. The minimum atomic E-state index is -2.03. The lowest BCUT2D eigenvalue weighted by Gasteiger charge is -2.28. The van der Waals surface area contributed by atoms with Crippen molar-refractivity contribution in [2.24, 2.45) is 35.0 Å². The molecule has 12 amide bonds. The minimum absolute atomic E-state index is 0.0580. The molecule has 0 bridgehead atoms. The average Bonchev–Trinajstić information content (AvgIpc) is 0.981. The van der Waals surface area contributed by atoms with Crippen molar-refractivity contribution in [1.29, 1.82) is 0 Å². The van der Waals surface area contributed by atoms with Gasteiger partial charge in [0.15, 0.2) is 0 Å². The lowest BCUT2D eigenvalue weighted by Crippen LogP contribution is -2.61. The molecule has 11 atom stereocenters. The number of primary amides is 1. The number of unbranched alkanes of at least 4 members (excludes halogenated alkanes) is 1. The zero-order chi connectivity index (χ0) is 70.9. The summed E-state index contributed by atoms with van der Waals surface area (Å²) in [5.74, 6) is -18.2. The van der Waals surface area contributed by atoms with E-state index in [9.17, 15) is 92.3 Å². The van der Waals surface area contributed by atoms with Crippen molar-refractivity contribution in [1.82, 2.24) is 58.5 Å². The van der Waals surface area contributed by atoms with Crippen LogP contribution in [0.2, 0.25) is 0 Å². The number of carboxylic acids is 3. The Morgan fingerprint density at radius 1 is 0.447 bits per heavy atom. The van der Waals surface area contributed by atoms with Crippen LogP contribution in [0, 0.1) is 17.8 Å². The van der Waals surface area contributed by atoms with Crippen LogP contribution in [0.15, 0.2) is 60.7 Å². The quantitative estimate of drug-likeness (QED) is 0.0279. The second kappa shape index (κ2) is 41.1. The average molecular weight is 1330 g/mol. The molecule has 21 N–H and O–H groups in total. The summed E-state index contributed by atoms with van der Waals surface area (Å²) in [4.78, 5) is 198. The normalized spacial score (nSPS) is 14.6. The van der Waals surface area contributed by atoms with E-state index >= 15 is 0 Å². The topological polar surface area (TPSA) is 547 Å². The van der Waals surface area contributed by atoms with E-state index in [1.807, 2.05) is 13.8 Å². The fraction of sp³-hybridized carbons (Fsp3) is 0.557. The Kier molecular flexibility index (Phi) is 35.1. The third kappa shape index (κ3) is 29.8. The van der Waals surface area contributed by atoms with Gasteiger partial charge in [-0.1, -0.05) is 102 Å². The first-order chi connectivity index (χ1) is 44.2. The molecule has 0 spiro atoms. The van der Waals surface area contributed by atoms with Crippen LogP contribution in [0.3, 0.4) is 0 Å². The first-order valence-corrected chi connectivity index (χ1v) is 30.6. The molecule has 0 aliphatic heterocycles. The number of carbonyl (C=O) groups excluding carboxylic acids is 12. The molecule has 2 rings (SSSR count). The van der Waals surface area contributed by atoms with Gasteiger partial charge >= 0.3 is 17.9 Å². The molecule has 0 aliphatic carbocycles. The third-order valence-electron chi connectivity index (χ3n) is 14.3. The molecule has 94 heavy (non-hydrogen) atoms. The SMILES string of the molecule is CC(C)C[C@H](N)C(=O)N[C@H](C(=O)N[C@@H](Cc1ccccc1)C(=O)N[C@@H](Cc1ccccc1)C(=O)N[C@@H](C)C(=O)N[C@@H](CCC(=O)O)C(=O)N[C@@H](CC(=O)O)C(=O)N[C@H](C(=O)NCC(=O)N[C@@H](CO)C(=O)N[C@@H](CC(N)=O)C(=O)N[C@@H](CCCCN)C(=O)O)C(C)C)C(C)C. The summed E-state index contributed by atoms with van der Waals surface area (Å²) in [6.07, 6.45) is -2.66. The third-order valence-corrected chi connectivity index (χ3v) is 14.3. The first kappa shape index (κ1) is 80.5. The highest BCUT2D eigenvalue weighted by atomic mass is 16.4. The summed E-state index contributed by atoms with van der Waals surface area (Å²) in [6, 6.07) is 0.00637. The molecule has 0 fully saturated rings. The predicted molar refractivity (Wildman–Crippen MR) is 336 cm³/mol. The molecule has 2 aromatic rings. The summed E-state index contributed by atoms with van der Waals surface area (Å²) in [5.41, 5.74) is 18.0. The van der Waals surface area contributed by atoms with E-state index < -0.39 is 206 Å². The van der Waals surface area contributed by atoms with Crippen molar-refractivity contribution in [2.45, 2.75) is 179 Å². The van der Waals surface area contributed by atoms with Gasteiger partial charge in [0, 0.05) is 19.3 Å². The Labute approximate surface area is 543 Å². The van der Waals surface area contributed by atoms with Crippen molar-refractivity contribution in [2.75, 3.05) is 19.7 Å². The van der Waals surface area contributed by atoms with Gasteiger partial charge < -0.3 is 96.1 Å². The predicted octanol–water partition coefficient (Wildman–Crippen LogP) is -4.44. The molecule has 0 saturated carbocycles. The van der Waals surface area contributed by atoms with E-state index in [0.29, 0.717) is 30.4 Å². The molecule has 0 saturated heterocycles. The smallest absolute Gasteiger partial charge is 0.326 e. The van der Waals surface area contributed by atoms with E-state index in [-0.39, 0.29) is 31.7 Å². The van der Waals surface area contributed by atoms with Gasteiger partial charge in [-0.05, 0) is 74.5 Å². The Hall–Kier alpha value is -9.63. The van der Waals surface area contributed by atoms with Crippen LogP contribution in [0.4, 0.5) is 0 Å². The van der Waals surface area contributed by atoms with Crippen LogP contribution in [-0.4, -0.2) is 195 Å². The van der Waals surface area contributed by atoms with E-state index in [0.717, 1.165) is 0 Å². The highest BCUT2D eigenvalue weighted by Gasteiger charge is 2.37. The zero-order valence-electron chi connectivity index (χ0n) is 53.7. The Balaban J connectivity index is 2.33. The Morgan fingerprint density at radius 3 is 1.36 bits per heavy atom. The standard InChI is InChI=1S/C61H92N14O19/c1-31(2)24-37(63)52(84)74-50(33(5)6)60(92)73-41(26-36-18-12-9-13-19-36)55(87)70-40(25-35-16-10-8-11-17-35)54(86)66-34(7)51(83)68-38(21-22-47(79)80)53(85)72-43(28-48(81)82)57(89)75-49(32(3)4)59(91)65-29-46(78)67-44(30-76)58(90)71-42(27-45(64)77)56(88)69-39(61(93)94)20-14-15-23-62/h8-13,16-19,31-34,37-44,49-50,76H,14-15,20-30,62-63H2,1-7H3,(H2,64,77)(H,65,91)(H,66,86)(H,67,78)(H,68,83)(H,69,88)(H,70,87)(H,71,90)(H,72,85)(H,73,92)(H,74,84)(H,75,89)(H,79,80)(H,81,82)(H,93,94)/t34-,37-,38-,39-,40-,41-,42-,43-,44-,49-,50-/m0/s1. The minimum Gasteiger partial charge on any atom is -0.481 e. The van der Waals surface area contributed by atoms with Crippen molar-refractivity contribution >= 4 is 88.8 Å². The van der Waals surface area contributed by atoms with Gasteiger partial charge in [-0.2, -0.15) is 0 Å². The molecule has 0 aromatic heterocycles. The number of aliphatic hydroxyl groups excluding tert-OH is 1. The van der Waals surface area contributed by atoms with Crippen molar-refractivity contribution < 1.29 is 92.3 Å². The second-order valence-electron chi connectivity index (χ2n) is 23.5. The molecule has 2 aromatic carbocycles. The van der Waals surface area contributed by atoms with Crippen molar-refractivity contribution in [3.63, 3.8) is 0 Å². The second-order valence-corrected chi connectivity index (χ2v) is 23.5. The number of carboxylic acid groups (broad SMARTS) is 3. The maximum Gasteiger partial charge on any atom is 0.326 e. The van der Waals surface area contributed by atoms with Crippen LogP contribution in [-0.2, 0) is 84.8 Å². The van der Waals surface area contributed by atoms with E-state index in [4.69, 9.17) is 17.2 Å². The number of amides is 12. The monoisotopic (exact) mass is 1320 g/mol. The molecule has 33 nitrogen and oxygen atoms in total. The van der Waals surface area contributed by atoms with Gasteiger partial charge in [0.05, 0.1) is 32.0 Å². The number of hydrogen-bond donors (Lipinski definition) is 18. The van der Waals surface area contributed by atoms with Gasteiger partial charge in [-0.3, -0.25) is 67.1 Å². The largest absolute Gasteiger partial charge is 0.481 e. The molecular weight excluding hydrogens is 1230 g/mol. The molecule has 0 unspecified atom stereocenters. The highest BCUT2D eigenvalue weighted by molar-refractivity contribution is 6.00. The van der Waals surface area contributed by atoms with Gasteiger partial charge in [0.2, 0.25) is 70.9 Å². The van der Waals surface area contributed by atoms with E-state index in [1.54, 1.807) is 74.5 Å². The molecule has 0 heterocycles. The highest BCUT2D eigenvalue weighted by Crippen LogP contribution is 2.13. The summed E-state index contributed by atoms with van der Waals surface area (Å²) in [7, 11) is 0. The number of hydrogen-bond acceptors (Lipinski definition) is 18. The van der Waals surface area contributed by atoms with Crippen molar-refractivity contribution in [3.8, 4) is 0 Å². The van der Waals surface area contributed by atoms with Crippen LogP contribution in [0.1, 0.15) is 111 Å². The van der Waals surface area contributed by atoms with Gasteiger partial charge in [-0.15, -0.1) is 0 Å². The van der Waals surface area contributed by atoms with Crippen molar-refractivity contribution in [3.05, 3.63) is 71.8 Å². The van der Waals surface area contributed by atoms with Crippen LogP contribution < -0.4 is 75.7 Å². The maximum absolute atomic E-state index is 14.4. The fourth-order valence-corrected chi connectivity index (χ4v) is 9.14. The van der Waals surface area contributed by atoms with Crippen LogP contribution in [0.25, 0.3) is 0 Å². The van der Waals surface area contributed by atoms with E-state index in [2.05, 4.69) is 58.5 Å². The lowest BCUT2D eigenvalue weighted by atomic mass is 9.99. The molecule has 33 heteroatoms. The number of rotatable bonds is 43. The lowest BCUT2D eigenvalue weighted by molar-refractivity contribution is -0.143. The molecule has 0 aliphatic rings. The van der Waals surface area contributed by atoms with Gasteiger partial charge in [0.25, 0.3) is 0 Å². The number of aliphatic hydroxyl groups is 1. The Bertz CT molecular complexity index is 2940. The summed E-state index contributed by atoms with van der Waals surface area (Å²) in [6.45, 7) is 9.37. The molecular formula is C61H92N14O19. The van der Waals surface area contributed by atoms with Crippen LogP contribution >= 0.6 is 0 Å². The number of nitrogens with two attached hydrogens (primary N) is 3. The number of nitrogens with one attached hydrogen (secondary N) is 11. The summed E-state index contributed by atoms with van der Waals surface area (Å²) >= 11 is 0. The molecule has 520 valence electrons. The Morgan fingerprint density at radius 2 is 0.883 bits per heavy atom. The van der Waals surface area contributed by atoms with Gasteiger partial charge in [-0.25, -0.2) is 4.79 Å². The number of carbonyl (C=O) groups is 15. The maximum atomic E-state index is 14.4. The summed E-state index contributed by atoms with van der Waals surface area (Å²) < 4.78 is 0. The zero-order valence-corrected chi connectivity index (χ0v) is 53.7. The van der Waals surface area contributed by atoms with Crippen LogP contribution in [0.5, 0.6) is 0 Å². The number of benzene rings is 2. The molecule has 0 radical (unpaired) electrons. The van der Waals surface area contributed by atoms with Gasteiger partial charge in [0.1, 0.15) is 60.4 Å². The first-order valence-electron chi connectivity index (χ1n) is 30.6. The number of aliphatic carboxylic acids is 3. The summed E-state index contributed by atoms with van der Waals surface area (Å²) in [5, 5.41) is 64.9. The van der Waals surface area contributed by atoms with E-state index in [1.165, 1.54) is 20.8 Å².